The molecule has 1 aromatic heterocycles. The Kier molecular flexibility index (Phi) is 4.23. The highest BCUT2D eigenvalue weighted by molar-refractivity contribution is 5.90. The number of nitrogens with zero attached hydrogens (tertiary/aromatic N) is 4. The topological polar surface area (TPSA) is 62.5 Å². The average Bonchev–Trinajstić information content (AvgIpc) is 2.95. The highest BCUT2D eigenvalue weighted by Gasteiger charge is 2.16. The summed E-state index contributed by atoms with van der Waals surface area (Å²) in [5.74, 6) is 0.649. The standard InChI is InChI=1S/C17H19N5O/c1-3-14-7-4-5-8-15(14)22-16(11-13(2)20-22)19-17(23)21-10-6-9-18-12-21/h4-11H,3,12H2,1-2H3,(H,19,23). The minimum absolute atomic E-state index is 0.228. The molecule has 0 radical (unpaired) electrons. The first-order valence-electron chi connectivity index (χ1n) is 7.58. The van der Waals surface area contributed by atoms with Crippen LogP contribution in [-0.2, 0) is 6.42 Å². The van der Waals surface area contributed by atoms with E-state index in [2.05, 4.69) is 28.4 Å². The molecule has 2 aromatic rings. The lowest BCUT2D eigenvalue weighted by Crippen LogP contribution is -2.32. The minimum atomic E-state index is -0.228. The summed E-state index contributed by atoms with van der Waals surface area (Å²) < 4.78 is 1.78. The molecule has 1 aliphatic rings. The zero-order valence-corrected chi connectivity index (χ0v) is 13.2. The lowest BCUT2D eigenvalue weighted by atomic mass is 10.1. The molecule has 6 heteroatoms. The molecule has 3 rings (SSSR count). The Labute approximate surface area is 135 Å². The van der Waals surface area contributed by atoms with Gasteiger partial charge in [0.05, 0.1) is 11.4 Å². The molecule has 0 bridgehead atoms. The van der Waals surface area contributed by atoms with Crippen molar-refractivity contribution in [2.24, 2.45) is 4.99 Å². The molecule has 6 nitrogen and oxygen atoms in total. The molecule has 2 amide bonds. The Hall–Kier alpha value is -2.89. The number of rotatable bonds is 3. The van der Waals surface area contributed by atoms with Crippen molar-refractivity contribution in [3.05, 3.63) is 53.9 Å². The number of hydrogen-bond acceptors (Lipinski definition) is 3. The van der Waals surface area contributed by atoms with E-state index in [9.17, 15) is 4.79 Å². The summed E-state index contributed by atoms with van der Waals surface area (Å²) in [7, 11) is 0. The number of allylic oxidation sites excluding steroid dienone is 1. The van der Waals surface area contributed by atoms with E-state index in [1.807, 2.05) is 31.2 Å². The maximum atomic E-state index is 12.4. The van der Waals surface area contributed by atoms with Gasteiger partial charge in [-0.2, -0.15) is 5.10 Å². The van der Waals surface area contributed by atoms with Crippen molar-refractivity contribution >= 4 is 18.1 Å². The Bertz CT molecular complexity index is 775. The van der Waals surface area contributed by atoms with Gasteiger partial charge in [-0.25, -0.2) is 9.48 Å². The molecule has 1 aromatic carbocycles. The van der Waals surface area contributed by atoms with Crippen LogP contribution >= 0.6 is 0 Å². The van der Waals surface area contributed by atoms with Gasteiger partial charge in [0.1, 0.15) is 12.5 Å². The Morgan fingerprint density at radius 3 is 2.91 bits per heavy atom. The Balaban J connectivity index is 1.90. The van der Waals surface area contributed by atoms with Gasteiger partial charge < -0.3 is 0 Å². The molecule has 1 N–H and O–H groups in total. The van der Waals surface area contributed by atoms with Crippen LogP contribution in [0, 0.1) is 6.92 Å². The summed E-state index contributed by atoms with van der Waals surface area (Å²) in [6.07, 6.45) is 6.01. The van der Waals surface area contributed by atoms with Crippen LogP contribution in [0.4, 0.5) is 10.6 Å². The molecule has 118 valence electrons. The van der Waals surface area contributed by atoms with E-state index in [0.717, 1.165) is 17.8 Å². The van der Waals surface area contributed by atoms with Crippen molar-refractivity contribution < 1.29 is 4.79 Å². The third-order valence-electron chi connectivity index (χ3n) is 3.62. The molecular formula is C17H19N5O. The molecule has 2 heterocycles. The van der Waals surface area contributed by atoms with E-state index < -0.39 is 0 Å². The van der Waals surface area contributed by atoms with Crippen LogP contribution < -0.4 is 5.32 Å². The number of urea groups is 1. The van der Waals surface area contributed by atoms with Crippen LogP contribution in [0.15, 0.2) is 47.6 Å². The van der Waals surface area contributed by atoms with Gasteiger partial charge in [-0.3, -0.25) is 15.2 Å². The number of benzene rings is 1. The molecule has 23 heavy (non-hydrogen) atoms. The lowest BCUT2D eigenvalue weighted by Gasteiger charge is -2.19. The maximum absolute atomic E-state index is 12.4. The predicted octanol–water partition coefficient (Wildman–Crippen LogP) is 3.13. The summed E-state index contributed by atoms with van der Waals surface area (Å²) in [4.78, 5) is 17.9. The fourth-order valence-electron chi connectivity index (χ4n) is 2.49. The van der Waals surface area contributed by atoms with Crippen LogP contribution in [0.1, 0.15) is 18.2 Å². The van der Waals surface area contributed by atoms with Gasteiger partial charge in [-0.1, -0.05) is 25.1 Å². The van der Waals surface area contributed by atoms with Gasteiger partial charge in [0, 0.05) is 18.5 Å². The first-order chi connectivity index (χ1) is 11.2. The van der Waals surface area contributed by atoms with E-state index in [-0.39, 0.29) is 6.03 Å². The molecule has 1 aliphatic heterocycles. The largest absolute Gasteiger partial charge is 0.328 e. The quantitative estimate of drug-likeness (QED) is 0.946. The Morgan fingerprint density at radius 1 is 1.35 bits per heavy atom. The van der Waals surface area contributed by atoms with E-state index in [1.54, 1.807) is 23.2 Å². The second-order valence-corrected chi connectivity index (χ2v) is 5.28. The highest BCUT2D eigenvalue weighted by Crippen LogP contribution is 2.21. The number of carbonyl (C=O) groups excluding carboxylic acids is 1. The van der Waals surface area contributed by atoms with Gasteiger partial charge in [0.15, 0.2) is 0 Å². The maximum Gasteiger partial charge on any atom is 0.328 e. The van der Waals surface area contributed by atoms with Gasteiger partial charge in [0.2, 0.25) is 0 Å². The van der Waals surface area contributed by atoms with Crippen LogP contribution in [0.5, 0.6) is 0 Å². The molecule has 0 saturated heterocycles. The molecule has 0 spiro atoms. The zero-order valence-electron chi connectivity index (χ0n) is 13.2. The average molecular weight is 309 g/mol. The van der Waals surface area contributed by atoms with E-state index in [1.165, 1.54) is 10.5 Å². The molecule has 0 aliphatic carbocycles. The lowest BCUT2D eigenvalue weighted by molar-refractivity contribution is 0.229. The van der Waals surface area contributed by atoms with E-state index in [4.69, 9.17) is 0 Å². The van der Waals surface area contributed by atoms with Crippen molar-refractivity contribution in [3.63, 3.8) is 0 Å². The normalized spacial score (nSPS) is 13.4. The number of aryl methyl sites for hydroxylation is 2. The molecule has 0 unspecified atom stereocenters. The van der Waals surface area contributed by atoms with Crippen LogP contribution in [-0.4, -0.2) is 33.6 Å². The Morgan fingerprint density at radius 2 is 2.17 bits per heavy atom. The fraction of sp³-hybridized carbons (Fsp3) is 0.235. The smallest absolute Gasteiger partial charge is 0.292 e. The van der Waals surface area contributed by atoms with Gasteiger partial charge in [-0.05, 0) is 31.1 Å². The van der Waals surface area contributed by atoms with Crippen LogP contribution in [0.25, 0.3) is 5.69 Å². The number of anilines is 1. The SMILES string of the molecule is CCc1ccccc1-n1nc(C)cc1NC(=O)N1C=CC=NC1. The number of para-hydroxylation sites is 1. The number of aromatic nitrogens is 2. The summed E-state index contributed by atoms with van der Waals surface area (Å²) in [6.45, 7) is 4.33. The summed E-state index contributed by atoms with van der Waals surface area (Å²) in [6, 6.07) is 9.69. The number of amides is 2. The number of carbonyl (C=O) groups is 1. The van der Waals surface area contributed by atoms with Gasteiger partial charge in [0.25, 0.3) is 0 Å². The van der Waals surface area contributed by atoms with Crippen LogP contribution in [0.2, 0.25) is 0 Å². The van der Waals surface area contributed by atoms with Crippen molar-refractivity contribution in [2.45, 2.75) is 20.3 Å². The summed E-state index contributed by atoms with van der Waals surface area (Å²) in [5, 5.41) is 7.44. The molecular weight excluding hydrogens is 290 g/mol. The van der Waals surface area contributed by atoms with Crippen molar-refractivity contribution in [2.75, 3.05) is 12.0 Å². The first kappa shape index (κ1) is 15.0. The third kappa shape index (κ3) is 3.15. The van der Waals surface area contributed by atoms with Gasteiger partial charge >= 0.3 is 6.03 Å². The predicted molar refractivity (Wildman–Crippen MR) is 91.0 cm³/mol. The zero-order chi connectivity index (χ0) is 16.2. The van der Waals surface area contributed by atoms with Crippen molar-refractivity contribution in [3.8, 4) is 5.69 Å². The minimum Gasteiger partial charge on any atom is -0.292 e. The number of nitrogens with one attached hydrogen (secondary N) is 1. The van der Waals surface area contributed by atoms with Gasteiger partial charge in [-0.15, -0.1) is 0 Å². The molecule has 0 atom stereocenters. The van der Waals surface area contributed by atoms with Crippen LogP contribution in [0.3, 0.4) is 0 Å². The second-order valence-electron chi connectivity index (χ2n) is 5.28. The third-order valence-corrected chi connectivity index (χ3v) is 3.62. The summed E-state index contributed by atoms with van der Waals surface area (Å²) >= 11 is 0. The number of aliphatic imine (C=N–C) groups is 1. The van der Waals surface area contributed by atoms with E-state index >= 15 is 0 Å². The first-order valence-corrected chi connectivity index (χ1v) is 7.58. The number of hydrogen-bond donors (Lipinski definition) is 1. The second kappa shape index (κ2) is 6.48. The van der Waals surface area contributed by atoms with Crippen molar-refractivity contribution in [1.29, 1.82) is 0 Å². The molecule has 0 fully saturated rings. The molecule has 0 saturated carbocycles. The van der Waals surface area contributed by atoms with E-state index in [0.29, 0.717) is 12.5 Å². The monoisotopic (exact) mass is 309 g/mol. The summed E-state index contributed by atoms with van der Waals surface area (Å²) in [5.41, 5.74) is 3.00. The highest BCUT2D eigenvalue weighted by atomic mass is 16.2. The van der Waals surface area contributed by atoms with Crippen molar-refractivity contribution in [1.82, 2.24) is 14.7 Å². The fourth-order valence-corrected chi connectivity index (χ4v) is 2.49.